The summed E-state index contributed by atoms with van der Waals surface area (Å²) in [5.74, 6) is -1.08. The monoisotopic (exact) mass is 606 g/mol. The third-order valence-corrected chi connectivity index (χ3v) is 6.89. The average molecular weight is 608 g/mol. The summed E-state index contributed by atoms with van der Waals surface area (Å²) in [5.41, 5.74) is 3.43. The number of carbonyl (C=O) groups excluding carboxylic acids is 1. The van der Waals surface area contributed by atoms with Crippen molar-refractivity contribution in [2.45, 2.75) is 19.2 Å². The number of carboxylic acids is 1. The molecule has 0 bridgehead atoms. The van der Waals surface area contributed by atoms with Crippen LogP contribution in [0.15, 0.2) is 65.1 Å². The fourth-order valence-electron chi connectivity index (χ4n) is 3.44. The van der Waals surface area contributed by atoms with Crippen molar-refractivity contribution < 1.29 is 34.1 Å². The van der Waals surface area contributed by atoms with Crippen molar-refractivity contribution >= 4 is 39.4 Å². The van der Waals surface area contributed by atoms with Crippen molar-refractivity contribution in [1.82, 2.24) is 10.4 Å². The minimum atomic E-state index is -1.21. The van der Waals surface area contributed by atoms with E-state index in [1.165, 1.54) is 14.2 Å². The molecular weight excluding hydrogens is 580 g/mol. The van der Waals surface area contributed by atoms with Crippen LogP contribution in [0, 0.1) is 0 Å². The summed E-state index contributed by atoms with van der Waals surface area (Å²) < 4.78 is 12.6. The Labute approximate surface area is 234 Å². The normalized spacial score (nSPS) is 11.6. The minimum Gasteiger partial charge on any atom is -0.487 e. The van der Waals surface area contributed by atoms with Gasteiger partial charge in [0.25, 0.3) is 5.91 Å². The lowest BCUT2D eigenvalue weighted by Gasteiger charge is -2.19. The predicted molar refractivity (Wildman–Crippen MR) is 146 cm³/mol. The standard InChI is InChI=1S/C27H28BrClN2O7/c1-31(36-2)25(33)16-38-23-12-24(21(29)11-19(23)13-30-22(14-32)27(34)35)37-15-18-9-6-10-20(26(18)28)17-7-4-3-5-8-17/h3-12,22,30,32H,13-16H2,1-2H3,(H,34,35)/t22-/m0/s1. The molecule has 11 heteroatoms. The minimum absolute atomic E-state index is 0.00579. The molecule has 0 heterocycles. The number of halogens is 2. The summed E-state index contributed by atoms with van der Waals surface area (Å²) in [4.78, 5) is 28.4. The van der Waals surface area contributed by atoms with Crippen molar-refractivity contribution in [1.29, 1.82) is 0 Å². The summed E-state index contributed by atoms with van der Waals surface area (Å²) in [6, 6.07) is 17.7. The zero-order valence-corrected chi connectivity index (χ0v) is 23.2. The maximum absolute atomic E-state index is 12.2. The number of carbonyl (C=O) groups is 2. The number of aliphatic hydroxyl groups excluding tert-OH is 1. The van der Waals surface area contributed by atoms with Crippen LogP contribution < -0.4 is 14.8 Å². The second-order valence-electron chi connectivity index (χ2n) is 8.14. The fraction of sp³-hybridized carbons (Fsp3) is 0.259. The summed E-state index contributed by atoms with van der Waals surface area (Å²) >= 11 is 10.2. The number of ether oxygens (including phenoxy) is 2. The smallest absolute Gasteiger partial charge is 0.323 e. The number of rotatable bonds is 13. The van der Waals surface area contributed by atoms with E-state index in [0.29, 0.717) is 11.3 Å². The summed E-state index contributed by atoms with van der Waals surface area (Å²) in [6.07, 6.45) is 0. The van der Waals surface area contributed by atoms with Gasteiger partial charge < -0.3 is 19.7 Å². The van der Waals surface area contributed by atoms with E-state index in [0.717, 1.165) is 26.2 Å². The second kappa shape index (κ2) is 14.1. The van der Waals surface area contributed by atoms with Crippen LogP contribution in [0.4, 0.5) is 0 Å². The van der Waals surface area contributed by atoms with Gasteiger partial charge in [0.2, 0.25) is 0 Å². The number of hydroxylamine groups is 2. The first kappa shape index (κ1) is 29.4. The Morgan fingerprint density at radius 1 is 1.05 bits per heavy atom. The first-order valence-electron chi connectivity index (χ1n) is 11.5. The molecule has 0 saturated heterocycles. The number of nitrogens with zero attached hydrogens (tertiary/aromatic N) is 1. The molecule has 0 aromatic heterocycles. The van der Waals surface area contributed by atoms with Crippen molar-refractivity contribution in [3.63, 3.8) is 0 Å². The highest BCUT2D eigenvalue weighted by Gasteiger charge is 2.19. The van der Waals surface area contributed by atoms with Gasteiger partial charge in [-0.25, -0.2) is 5.06 Å². The molecule has 0 aliphatic rings. The number of carboxylic acid groups (broad SMARTS) is 1. The molecule has 1 atom stereocenters. The molecule has 3 aromatic rings. The van der Waals surface area contributed by atoms with Gasteiger partial charge in [0.15, 0.2) is 6.61 Å². The van der Waals surface area contributed by atoms with Gasteiger partial charge in [0.1, 0.15) is 24.1 Å². The van der Waals surface area contributed by atoms with Gasteiger partial charge in [-0.05, 0) is 33.1 Å². The van der Waals surface area contributed by atoms with E-state index in [-0.39, 0.29) is 30.5 Å². The molecule has 0 fully saturated rings. The third kappa shape index (κ3) is 7.68. The molecule has 202 valence electrons. The Balaban J connectivity index is 1.84. The average Bonchev–Trinajstić information content (AvgIpc) is 2.92. The van der Waals surface area contributed by atoms with E-state index in [2.05, 4.69) is 21.2 Å². The second-order valence-corrected chi connectivity index (χ2v) is 9.34. The summed E-state index contributed by atoms with van der Waals surface area (Å²) in [5, 5.41) is 22.5. The van der Waals surface area contributed by atoms with Crippen LogP contribution in [-0.4, -0.2) is 60.6 Å². The third-order valence-electron chi connectivity index (χ3n) is 5.66. The van der Waals surface area contributed by atoms with Gasteiger partial charge in [0.05, 0.1) is 18.7 Å². The highest BCUT2D eigenvalue weighted by Crippen LogP contribution is 2.35. The quantitative estimate of drug-likeness (QED) is 0.247. The topological polar surface area (TPSA) is 118 Å². The van der Waals surface area contributed by atoms with Crippen molar-refractivity contribution in [2.24, 2.45) is 0 Å². The van der Waals surface area contributed by atoms with Crippen molar-refractivity contribution in [2.75, 3.05) is 27.4 Å². The molecule has 1 amide bonds. The molecule has 3 aromatic carbocycles. The Bertz CT molecular complexity index is 1260. The van der Waals surface area contributed by atoms with Gasteiger partial charge in [-0.3, -0.25) is 19.7 Å². The van der Waals surface area contributed by atoms with Crippen LogP contribution >= 0.6 is 27.5 Å². The molecule has 3 rings (SSSR count). The van der Waals surface area contributed by atoms with Gasteiger partial charge in [-0.15, -0.1) is 0 Å². The van der Waals surface area contributed by atoms with E-state index in [1.807, 2.05) is 48.5 Å². The van der Waals surface area contributed by atoms with E-state index < -0.39 is 24.5 Å². The SMILES string of the molecule is CON(C)C(=O)COc1cc(OCc2cccc(-c3ccccc3)c2Br)c(Cl)cc1CN[C@@H](CO)C(=O)O. The number of benzene rings is 3. The van der Waals surface area contributed by atoms with Gasteiger partial charge in [-0.1, -0.05) is 60.1 Å². The molecule has 0 aliphatic carbocycles. The lowest BCUT2D eigenvalue weighted by atomic mass is 10.0. The van der Waals surface area contributed by atoms with E-state index >= 15 is 0 Å². The molecule has 0 spiro atoms. The van der Waals surface area contributed by atoms with E-state index in [1.54, 1.807) is 12.1 Å². The van der Waals surface area contributed by atoms with Gasteiger partial charge in [0, 0.05) is 35.3 Å². The zero-order valence-electron chi connectivity index (χ0n) is 20.8. The van der Waals surface area contributed by atoms with Crippen molar-refractivity contribution in [3.05, 3.63) is 81.3 Å². The van der Waals surface area contributed by atoms with E-state index in [4.69, 9.17) is 25.9 Å². The number of aliphatic carboxylic acids is 1. The Morgan fingerprint density at radius 2 is 1.79 bits per heavy atom. The maximum Gasteiger partial charge on any atom is 0.323 e. The van der Waals surface area contributed by atoms with E-state index in [9.17, 15) is 19.8 Å². The highest BCUT2D eigenvalue weighted by molar-refractivity contribution is 9.10. The zero-order chi connectivity index (χ0) is 27.7. The molecule has 0 aliphatic heterocycles. The molecule has 0 saturated carbocycles. The Kier molecular flexibility index (Phi) is 10.9. The van der Waals surface area contributed by atoms with Crippen LogP contribution in [0.3, 0.4) is 0 Å². The number of amides is 1. The first-order valence-corrected chi connectivity index (χ1v) is 12.7. The Hall–Kier alpha value is -3.15. The molecule has 3 N–H and O–H groups in total. The van der Waals surface area contributed by atoms with Crippen LogP contribution in [0.2, 0.25) is 5.02 Å². The first-order chi connectivity index (χ1) is 18.2. The van der Waals surface area contributed by atoms with Crippen LogP contribution in [0.5, 0.6) is 11.5 Å². The molecular formula is C27H28BrClN2O7. The number of hydrogen-bond donors (Lipinski definition) is 3. The molecule has 9 nitrogen and oxygen atoms in total. The van der Waals surface area contributed by atoms with Crippen LogP contribution in [0.25, 0.3) is 11.1 Å². The summed E-state index contributed by atoms with van der Waals surface area (Å²) in [7, 11) is 2.80. The molecule has 0 unspecified atom stereocenters. The number of likely N-dealkylation sites (N-methyl/N-ethyl adjacent to an activating group) is 1. The Morgan fingerprint density at radius 3 is 2.45 bits per heavy atom. The largest absolute Gasteiger partial charge is 0.487 e. The number of aliphatic hydroxyl groups is 1. The van der Waals surface area contributed by atoms with Gasteiger partial charge >= 0.3 is 5.97 Å². The predicted octanol–water partition coefficient (Wildman–Crippen LogP) is 4.28. The maximum atomic E-state index is 12.2. The lowest BCUT2D eigenvalue weighted by Crippen LogP contribution is -2.39. The number of nitrogens with one attached hydrogen (secondary N) is 1. The number of hydrogen-bond acceptors (Lipinski definition) is 7. The highest BCUT2D eigenvalue weighted by atomic mass is 79.9. The molecule has 38 heavy (non-hydrogen) atoms. The fourth-order valence-corrected chi connectivity index (χ4v) is 4.29. The van der Waals surface area contributed by atoms with Crippen LogP contribution in [-0.2, 0) is 27.6 Å². The lowest BCUT2D eigenvalue weighted by molar-refractivity contribution is -0.170. The van der Waals surface area contributed by atoms with Crippen molar-refractivity contribution in [3.8, 4) is 22.6 Å². The summed E-state index contributed by atoms with van der Waals surface area (Å²) in [6.45, 7) is -0.749. The van der Waals surface area contributed by atoms with Crippen LogP contribution in [0.1, 0.15) is 11.1 Å². The van der Waals surface area contributed by atoms with Gasteiger partial charge in [-0.2, -0.15) is 0 Å². The molecule has 0 radical (unpaired) electrons.